The SMILES string of the molecule is CC1(c2ccccc2)C=Cc2nc3c4ccc(-c5ccccc5)c5c(-c6ccccc6)ccc(c(=O)n3c2C=C1C#N)c54. The molecule has 0 N–H and O–H groups in total. The molecule has 8 rings (SSSR count). The first-order valence-corrected chi connectivity index (χ1v) is 14.3. The van der Waals surface area contributed by atoms with Gasteiger partial charge in [-0.3, -0.25) is 9.20 Å². The predicted molar refractivity (Wildman–Crippen MR) is 175 cm³/mol. The summed E-state index contributed by atoms with van der Waals surface area (Å²) in [5.41, 5.74) is 6.98. The molecule has 202 valence electrons. The summed E-state index contributed by atoms with van der Waals surface area (Å²) < 4.78 is 1.69. The first-order chi connectivity index (χ1) is 21.1. The Morgan fingerprint density at radius 1 is 0.721 bits per heavy atom. The van der Waals surface area contributed by atoms with Crippen molar-refractivity contribution in [3.63, 3.8) is 0 Å². The van der Waals surface area contributed by atoms with Crippen LogP contribution >= 0.6 is 0 Å². The standard InChI is InChI=1S/C39H25N3O/c1-39(27-15-9-4-10-16-27)22-21-33-34(23-28(39)24-40)42-37(41-33)31-19-17-29(25-11-5-2-6-12-25)35-30(26-13-7-3-8-14-26)18-20-32(36(31)35)38(42)43/h2-23H,1H3. The zero-order valence-corrected chi connectivity index (χ0v) is 23.5. The van der Waals surface area contributed by atoms with E-state index >= 15 is 0 Å². The molecule has 1 aliphatic carbocycles. The van der Waals surface area contributed by atoms with Crippen LogP contribution in [-0.2, 0) is 5.41 Å². The van der Waals surface area contributed by atoms with Crippen molar-refractivity contribution in [1.82, 2.24) is 9.38 Å². The van der Waals surface area contributed by atoms with Crippen molar-refractivity contribution < 1.29 is 0 Å². The molecule has 4 heteroatoms. The lowest BCUT2D eigenvalue weighted by molar-refractivity contribution is 0.735. The van der Waals surface area contributed by atoms with E-state index in [0.29, 0.717) is 28.0 Å². The summed E-state index contributed by atoms with van der Waals surface area (Å²) in [5.74, 6) is 0. The molecule has 2 aromatic heterocycles. The molecule has 7 aromatic rings. The van der Waals surface area contributed by atoms with Crippen LogP contribution in [0.25, 0.3) is 61.6 Å². The average Bonchev–Trinajstić information content (AvgIpc) is 3.37. The summed E-state index contributed by atoms with van der Waals surface area (Å²) in [4.78, 5) is 19.5. The third-order valence-corrected chi connectivity index (χ3v) is 8.86. The second kappa shape index (κ2) is 9.37. The summed E-state index contributed by atoms with van der Waals surface area (Å²) in [7, 11) is 0. The minimum Gasteiger partial charge on any atom is -0.268 e. The molecule has 0 saturated carbocycles. The maximum Gasteiger partial charge on any atom is 0.264 e. The van der Waals surface area contributed by atoms with Crippen molar-refractivity contribution in [3.8, 4) is 28.3 Å². The van der Waals surface area contributed by atoms with Gasteiger partial charge in [0.1, 0.15) is 5.65 Å². The van der Waals surface area contributed by atoms with Crippen molar-refractivity contribution in [2.24, 2.45) is 0 Å². The van der Waals surface area contributed by atoms with E-state index in [1.165, 1.54) is 0 Å². The van der Waals surface area contributed by atoms with Gasteiger partial charge >= 0.3 is 0 Å². The lowest BCUT2D eigenvalue weighted by Crippen LogP contribution is -2.21. The number of fused-ring (bicyclic) bond motifs is 4. The molecule has 0 radical (unpaired) electrons. The Morgan fingerprint density at radius 2 is 1.30 bits per heavy atom. The number of nitriles is 1. The van der Waals surface area contributed by atoms with Crippen LogP contribution in [-0.4, -0.2) is 9.38 Å². The molecule has 4 nitrogen and oxygen atoms in total. The molecule has 43 heavy (non-hydrogen) atoms. The second-order valence-corrected chi connectivity index (χ2v) is 11.2. The topological polar surface area (TPSA) is 58.2 Å². The maximum absolute atomic E-state index is 14.4. The molecular formula is C39H25N3O. The van der Waals surface area contributed by atoms with Gasteiger partial charge in [0.05, 0.1) is 17.5 Å². The summed E-state index contributed by atoms with van der Waals surface area (Å²) in [6, 6.07) is 41.2. The predicted octanol–water partition coefficient (Wildman–Crippen LogP) is 8.66. The van der Waals surface area contributed by atoms with Crippen LogP contribution in [0.3, 0.4) is 0 Å². The van der Waals surface area contributed by atoms with E-state index in [1.54, 1.807) is 4.40 Å². The largest absolute Gasteiger partial charge is 0.268 e. The van der Waals surface area contributed by atoms with Crippen molar-refractivity contribution in [3.05, 3.63) is 154 Å². The Balaban J connectivity index is 1.48. The highest BCUT2D eigenvalue weighted by Gasteiger charge is 2.32. The zero-order chi connectivity index (χ0) is 29.1. The monoisotopic (exact) mass is 551 g/mol. The average molecular weight is 552 g/mol. The van der Waals surface area contributed by atoms with Crippen molar-refractivity contribution in [2.75, 3.05) is 0 Å². The molecule has 1 atom stereocenters. The van der Waals surface area contributed by atoms with Gasteiger partial charge in [0.25, 0.3) is 5.56 Å². The van der Waals surface area contributed by atoms with Gasteiger partial charge in [-0.05, 0) is 64.4 Å². The fourth-order valence-electron chi connectivity index (χ4n) is 6.60. The first-order valence-electron chi connectivity index (χ1n) is 14.3. The Labute approximate surface area is 248 Å². The fourth-order valence-corrected chi connectivity index (χ4v) is 6.60. The molecular weight excluding hydrogens is 526 g/mol. The van der Waals surface area contributed by atoms with Gasteiger partial charge in [0.15, 0.2) is 0 Å². The van der Waals surface area contributed by atoms with Crippen LogP contribution in [0.4, 0.5) is 0 Å². The van der Waals surface area contributed by atoms with Gasteiger partial charge in [-0.2, -0.15) is 5.26 Å². The molecule has 1 unspecified atom stereocenters. The number of hydrogen-bond donors (Lipinski definition) is 0. The molecule has 0 fully saturated rings. The number of nitrogens with zero attached hydrogens (tertiary/aromatic N) is 3. The summed E-state index contributed by atoms with van der Waals surface area (Å²) in [5, 5.41) is 13.8. The minimum atomic E-state index is -0.651. The maximum atomic E-state index is 14.4. The Morgan fingerprint density at radius 3 is 1.91 bits per heavy atom. The lowest BCUT2D eigenvalue weighted by atomic mass is 9.76. The fraction of sp³-hybridized carbons (Fsp3) is 0.0513. The molecule has 0 bridgehead atoms. The van der Waals surface area contributed by atoms with Crippen molar-refractivity contribution in [2.45, 2.75) is 12.3 Å². The summed E-state index contributed by atoms with van der Waals surface area (Å²) in [6.45, 7) is 2.03. The molecule has 5 aromatic carbocycles. The number of pyridine rings is 1. The Kier molecular flexibility index (Phi) is 5.44. The highest BCUT2D eigenvalue weighted by Crippen LogP contribution is 2.43. The minimum absolute atomic E-state index is 0.142. The second-order valence-electron chi connectivity index (χ2n) is 11.2. The molecule has 2 heterocycles. The van der Waals surface area contributed by atoms with E-state index in [-0.39, 0.29) is 5.56 Å². The van der Waals surface area contributed by atoms with Crippen LogP contribution in [0.2, 0.25) is 0 Å². The van der Waals surface area contributed by atoms with Gasteiger partial charge in [-0.25, -0.2) is 4.98 Å². The quantitative estimate of drug-likeness (QED) is 0.221. The molecule has 0 saturated heterocycles. The van der Waals surface area contributed by atoms with Gasteiger partial charge in [-0.1, -0.05) is 109 Å². The summed E-state index contributed by atoms with van der Waals surface area (Å²) in [6.07, 6.45) is 5.83. The van der Waals surface area contributed by atoms with Crippen LogP contribution in [0, 0.1) is 11.3 Å². The van der Waals surface area contributed by atoms with Crippen LogP contribution < -0.4 is 5.56 Å². The Bertz CT molecular complexity index is 2320. The zero-order valence-electron chi connectivity index (χ0n) is 23.5. The van der Waals surface area contributed by atoms with Crippen LogP contribution in [0.1, 0.15) is 23.9 Å². The van der Waals surface area contributed by atoms with E-state index in [1.807, 2.05) is 97.9 Å². The van der Waals surface area contributed by atoms with Gasteiger partial charge in [-0.15, -0.1) is 0 Å². The van der Waals surface area contributed by atoms with E-state index in [9.17, 15) is 10.1 Å². The highest BCUT2D eigenvalue weighted by atomic mass is 16.1. The highest BCUT2D eigenvalue weighted by molar-refractivity contribution is 6.23. The van der Waals surface area contributed by atoms with Crippen LogP contribution in [0.15, 0.2) is 132 Å². The van der Waals surface area contributed by atoms with Gasteiger partial charge < -0.3 is 0 Å². The molecule has 0 spiro atoms. The smallest absolute Gasteiger partial charge is 0.264 e. The third-order valence-electron chi connectivity index (χ3n) is 8.86. The molecule has 0 aliphatic heterocycles. The third kappa shape index (κ3) is 3.62. The molecule has 1 aliphatic rings. The number of benzene rings is 5. The molecule has 0 amide bonds. The number of allylic oxidation sites excluding steroid dienone is 2. The number of rotatable bonds is 3. The normalized spacial score (nSPS) is 16.2. The van der Waals surface area contributed by atoms with E-state index in [2.05, 4.69) is 48.5 Å². The van der Waals surface area contributed by atoms with Crippen molar-refractivity contribution in [1.29, 1.82) is 5.26 Å². The van der Waals surface area contributed by atoms with Gasteiger partial charge in [0, 0.05) is 27.1 Å². The number of aromatic nitrogens is 2. The van der Waals surface area contributed by atoms with Crippen LogP contribution in [0.5, 0.6) is 0 Å². The van der Waals surface area contributed by atoms with E-state index < -0.39 is 5.41 Å². The van der Waals surface area contributed by atoms with Gasteiger partial charge in [0.2, 0.25) is 0 Å². The number of imidazole rings is 1. The van der Waals surface area contributed by atoms with Crippen molar-refractivity contribution >= 4 is 39.3 Å². The van der Waals surface area contributed by atoms with E-state index in [4.69, 9.17) is 4.98 Å². The van der Waals surface area contributed by atoms with E-state index in [0.717, 1.165) is 44.0 Å². The lowest BCUT2D eigenvalue weighted by Gasteiger charge is -2.25. The Hall–Kier alpha value is -5.79. The first kappa shape index (κ1) is 25.0. The number of hydrogen-bond acceptors (Lipinski definition) is 3. The summed E-state index contributed by atoms with van der Waals surface area (Å²) >= 11 is 0.